The third-order valence-electron chi connectivity index (χ3n) is 4.71. The van der Waals surface area contributed by atoms with Gasteiger partial charge in [0.25, 0.3) is 0 Å². The van der Waals surface area contributed by atoms with Gasteiger partial charge in [-0.2, -0.15) is 0 Å². The molecule has 0 spiro atoms. The Morgan fingerprint density at radius 1 is 1.08 bits per heavy atom. The Balaban J connectivity index is 1.53. The second-order valence-corrected chi connectivity index (χ2v) is 7.42. The molecule has 0 N–H and O–H groups in total. The molecule has 26 heavy (non-hydrogen) atoms. The number of benzene rings is 1. The first kappa shape index (κ1) is 17.4. The first-order chi connectivity index (χ1) is 12.8. The Labute approximate surface area is 157 Å². The third kappa shape index (κ3) is 3.86. The molecule has 7 nitrogen and oxygen atoms in total. The standard InChI is InChI=1S/C18H23N5O2S/c24-16(21-7-4-8-21)14-26-18-20-19-17(22-9-11-25-12-10-22)23(18)13-15-5-2-1-3-6-15/h1-3,5-6H,4,7-14H2. The lowest BCUT2D eigenvalue weighted by atomic mass is 10.2. The first-order valence-corrected chi connectivity index (χ1v) is 10.0. The van der Waals surface area contributed by atoms with Gasteiger partial charge in [-0.3, -0.25) is 9.36 Å². The SMILES string of the molecule is O=C(CSc1nnc(N2CCOCC2)n1Cc1ccccc1)N1CCC1. The molecule has 1 aromatic carbocycles. The zero-order valence-electron chi connectivity index (χ0n) is 14.7. The van der Waals surface area contributed by atoms with E-state index in [0.29, 0.717) is 25.5 Å². The summed E-state index contributed by atoms with van der Waals surface area (Å²) in [6.45, 7) is 5.49. The molecule has 4 rings (SSSR count). The van der Waals surface area contributed by atoms with Gasteiger partial charge in [0.05, 0.1) is 25.5 Å². The average Bonchev–Trinajstić information content (AvgIpc) is 3.03. The van der Waals surface area contributed by atoms with Crippen molar-refractivity contribution >= 4 is 23.6 Å². The lowest BCUT2D eigenvalue weighted by molar-refractivity contribution is -0.131. The highest BCUT2D eigenvalue weighted by Crippen LogP contribution is 2.25. The molecule has 0 saturated carbocycles. The topological polar surface area (TPSA) is 63.5 Å². The van der Waals surface area contributed by atoms with Crippen molar-refractivity contribution in [2.75, 3.05) is 50.0 Å². The summed E-state index contributed by atoms with van der Waals surface area (Å²) in [5.74, 6) is 1.45. The number of amides is 1. The number of nitrogens with zero attached hydrogens (tertiary/aromatic N) is 5. The summed E-state index contributed by atoms with van der Waals surface area (Å²) in [5.41, 5.74) is 1.19. The number of thioether (sulfide) groups is 1. The van der Waals surface area contributed by atoms with Gasteiger partial charge in [0.1, 0.15) is 0 Å². The Kier molecular flexibility index (Phi) is 5.40. The van der Waals surface area contributed by atoms with Crippen LogP contribution in [-0.4, -0.2) is 70.7 Å². The lowest BCUT2D eigenvalue weighted by Crippen LogP contribution is -2.43. The highest BCUT2D eigenvalue weighted by molar-refractivity contribution is 7.99. The summed E-state index contributed by atoms with van der Waals surface area (Å²) in [7, 11) is 0. The van der Waals surface area contributed by atoms with Gasteiger partial charge in [-0.25, -0.2) is 0 Å². The Hall–Kier alpha value is -2.06. The van der Waals surface area contributed by atoms with E-state index in [1.54, 1.807) is 0 Å². The molecule has 0 unspecified atom stereocenters. The number of anilines is 1. The molecular formula is C18H23N5O2S. The number of aromatic nitrogens is 3. The molecule has 2 aliphatic rings. The van der Waals surface area contributed by atoms with Crippen LogP contribution in [0, 0.1) is 0 Å². The quantitative estimate of drug-likeness (QED) is 0.715. The fraction of sp³-hybridized carbons (Fsp3) is 0.500. The number of ether oxygens (including phenoxy) is 1. The van der Waals surface area contributed by atoms with Crippen molar-refractivity contribution in [2.45, 2.75) is 18.1 Å². The molecule has 138 valence electrons. The van der Waals surface area contributed by atoms with E-state index in [1.165, 1.54) is 17.3 Å². The minimum atomic E-state index is 0.184. The maximum absolute atomic E-state index is 12.2. The Bertz CT molecular complexity index is 741. The second kappa shape index (κ2) is 8.09. The van der Waals surface area contributed by atoms with E-state index < -0.39 is 0 Å². The van der Waals surface area contributed by atoms with Crippen LogP contribution in [0.15, 0.2) is 35.5 Å². The molecular weight excluding hydrogens is 350 g/mol. The van der Waals surface area contributed by atoms with Crippen LogP contribution in [0.3, 0.4) is 0 Å². The van der Waals surface area contributed by atoms with Gasteiger partial charge in [-0.1, -0.05) is 42.1 Å². The fourth-order valence-corrected chi connectivity index (χ4v) is 3.91. The highest BCUT2D eigenvalue weighted by atomic mass is 32.2. The lowest BCUT2D eigenvalue weighted by Gasteiger charge is -2.30. The van der Waals surface area contributed by atoms with E-state index in [9.17, 15) is 4.79 Å². The predicted octanol–water partition coefficient (Wildman–Crippen LogP) is 1.49. The molecule has 2 fully saturated rings. The zero-order chi connectivity index (χ0) is 17.8. The minimum absolute atomic E-state index is 0.184. The maximum atomic E-state index is 12.2. The molecule has 0 bridgehead atoms. The fourth-order valence-electron chi connectivity index (χ4n) is 3.07. The van der Waals surface area contributed by atoms with Crippen LogP contribution >= 0.6 is 11.8 Å². The summed E-state index contributed by atoms with van der Waals surface area (Å²) in [5, 5.41) is 9.61. The van der Waals surface area contributed by atoms with Gasteiger partial charge in [0.2, 0.25) is 11.9 Å². The number of carbonyl (C=O) groups excluding carboxylic acids is 1. The molecule has 2 saturated heterocycles. The number of hydrogen-bond acceptors (Lipinski definition) is 6. The highest BCUT2D eigenvalue weighted by Gasteiger charge is 2.24. The van der Waals surface area contributed by atoms with Gasteiger partial charge < -0.3 is 14.5 Å². The molecule has 2 aromatic rings. The molecule has 8 heteroatoms. The number of carbonyl (C=O) groups is 1. The van der Waals surface area contributed by atoms with Gasteiger partial charge >= 0.3 is 0 Å². The van der Waals surface area contributed by atoms with Crippen molar-refractivity contribution < 1.29 is 9.53 Å². The number of morpholine rings is 1. The van der Waals surface area contributed by atoms with E-state index >= 15 is 0 Å². The van der Waals surface area contributed by atoms with Crippen molar-refractivity contribution in [3.8, 4) is 0 Å². The molecule has 2 aliphatic heterocycles. The second-order valence-electron chi connectivity index (χ2n) is 6.48. The number of hydrogen-bond donors (Lipinski definition) is 0. The Morgan fingerprint density at radius 2 is 1.85 bits per heavy atom. The van der Waals surface area contributed by atoms with Crippen LogP contribution in [0.1, 0.15) is 12.0 Å². The van der Waals surface area contributed by atoms with E-state index in [-0.39, 0.29) is 5.91 Å². The Morgan fingerprint density at radius 3 is 2.54 bits per heavy atom. The van der Waals surface area contributed by atoms with E-state index in [1.807, 2.05) is 23.1 Å². The third-order valence-corrected chi connectivity index (χ3v) is 5.66. The van der Waals surface area contributed by atoms with Crippen molar-refractivity contribution in [1.29, 1.82) is 0 Å². The summed E-state index contributed by atoms with van der Waals surface area (Å²) in [4.78, 5) is 16.3. The van der Waals surface area contributed by atoms with E-state index in [4.69, 9.17) is 4.74 Å². The van der Waals surface area contributed by atoms with Crippen molar-refractivity contribution in [3.05, 3.63) is 35.9 Å². The maximum Gasteiger partial charge on any atom is 0.233 e. The smallest absolute Gasteiger partial charge is 0.233 e. The van der Waals surface area contributed by atoms with Crippen molar-refractivity contribution in [1.82, 2.24) is 19.7 Å². The predicted molar refractivity (Wildman–Crippen MR) is 101 cm³/mol. The van der Waals surface area contributed by atoms with Crippen LogP contribution < -0.4 is 4.90 Å². The zero-order valence-corrected chi connectivity index (χ0v) is 15.5. The minimum Gasteiger partial charge on any atom is -0.378 e. The van der Waals surface area contributed by atoms with Gasteiger partial charge in [-0.05, 0) is 12.0 Å². The molecule has 3 heterocycles. The normalized spacial score (nSPS) is 17.2. The van der Waals surface area contributed by atoms with Crippen molar-refractivity contribution in [3.63, 3.8) is 0 Å². The average molecular weight is 373 g/mol. The summed E-state index contributed by atoms with van der Waals surface area (Å²) >= 11 is 1.48. The van der Waals surface area contributed by atoms with Gasteiger partial charge in [0.15, 0.2) is 5.16 Å². The van der Waals surface area contributed by atoms with Crippen LogP contribution in [0.4, 0.5) is 5.95 Å². The van der Waals surface area contributed by atoms with Crippen LogP contribution in [-0.2, 0) is 16.1 Å². The molecule has 0 aliphatic carbocycles. The van der Waals surface area contributed by atoms with Gasteiger partial charge in [-0.15, -0.1) is 10.2 Å². The number of likely N-dealkylation sites (tertiary alicyclic amines) is 1. The van der Waals surface area contributed by atoms with Crippen molar-refractivity contribution in [2.24, 2.45) is 0 Å². The summed E-state index contributed by atoms with van der Waals surface area (Å²) in [6.07, 6.45) is 1.11. The van der Waals surface area contributed by atoms with E-state index in [0.717, 1.165) is 43.7 Å². The summed E-state index contributed by atoms with van der Waals surface area (Å²) < 4.78 is 7.58. The molecule has 0 radical (unpaired) electrons. The van der Waals surface area contributed by atoms with E-state index in [2.05, 4.69) is 31.8 Å². The summed E-state index contributed by atoms with van der Waals surface area (Å²) in [6, 6.07) is 10.3. The molecule has 0 atom stereocenters. The van der Waals surface area contributed by atoms with Crippen LogP contribution in [0.2, 0.25) is 0 Å². The largest absolute Gasteiger partial charge is 0.378 e. The monoisotopic (exact) mass is 373 g/mol. The van der Waals surface area contributed by atoms with Crippen LogP contribution in [0.25, 0.3) is 0 Å². The first-order valence-electron chi connectivity index (χ1n) is 9.01. The van der Waals surface area contributed by atoms with Gasteiger partial charge in [0, 0.05) is 26.2 Å². The molecule has 1 aromatic heterocycles. The number of rotatable bonds is 6. The van der Waals surface area contributed by atoms with Crippen LogP contribution in [0.5, 0.6) is 0 Å². The molecule has 1 amide bonds.